The van der Waals surface area contributed by atoms with Crippen LogP contribution in [0.5, 0.6) is 5.88 Å². The molecule has 1 saturated carbocycles. The molecule has 1 atom stereocenters. The van der Waals surface area contributed by atoms with E-state index in [0.29, 0.717) is 18.2 Å². The lowest BCUT2D eigenvalue weighted by Gasteiger charge is -2.30. The van der Waals surface area contributed by atoms with Gasteiger partial charge < -0.3 is 9.84 Å². The van der Waals surface area contributed by atoms with Gasteiger partial charge >= 0.3 is 0 Å². The monoisotopic (exact) mass is 207 g/mol. The van der Waals surface area contributed by atoms with Gasteiger partial charge in [0.25, 0.3) is 0 Å². The first kappa shape index (κ1) is 10.4. The summed E-state index contributed by atoms with van der Waals surface area (Å²) in [5.41, 5.74) is 1.08. The minimum atomic E-state index is -0.200. The lowest BCUT2D eigenvalue weighted by Crippen LogP contribution is -2.28. The van der Waals surface area contributed by atoms with Crippen molar-refractivity contribution in [2.45, 2.75) is 31.8 Å². The van der Waals surface area contributed by atoms with E-state index in [1.807, 2.05) is 12.1 Å². The number of ether oxygens (including phenoxy) is 1. The second-order valence-electron chi connectivity index (χ2n) is 4.17. The van der Waals surface area contributed by atoms with Crippen LogP contribution in [0, 0.1) is 5.92 Å². The van der Waals surface area contributed by atoms with Crippen molar-refractivity contribution < 1.29 is 9.84 Å². The largest absolute Gasteiger partial charge is 0.481 e. The topological polar surface area (TPSA) is 42.4 Å². The molecule has 82 valence electrons. The quantitative estimate of drug-likeness (QED) is 0.818. The molecule has 1 aliphatic carbocycles. The second kappa shape index (κ2) is 4.62. The third-order valence-corrected chi connectivity index (χ3v) is 3.15. The number of aliphatic hydroxyl groups excluding tert-OH is 1. The maximum atomic E-state index is 9.89. The van der Waals surface area contributed by atoms with Gasteiger partial charge in [-0.15, -0.1) is 0 Å². The first-order chi connectivity index (χ1) is 7.29. The molecule has 0 aromatic carbocycles. The molecule has 0 amide bonds. The lowest BCUT2D eigenvalue weighted by atomic mass is 9.79. The molecule has 0 bridgehead atoms. The zero-order valence-corrected chi connectivity index (χ0v) is 9.02. The highest BCUT2D eigenvalue weighted by Gasteiger charge is 2.25. The Morgan fingerprint density at radius 3 is 2.80 bits per heavy atom. The fourth-order valence-electron chi connectivity index (χ4n) is 1.89. The van der Waals surface area contributed by atoms with Crippen LogP contribution >= 0.6 is 0 Å². The van der Waals surface area contributed by atoms with Gasteiger partial charge in [-0.25, -0.2) is 4.98 Å². The van der Waals surface area contributed by atoms with E-state index >= 15 is 0 Å². The molecule has 1 heterocycles. The molecule has 1 fully saturated rings. The molecule has 0 saturated heterocycles. The van der Waals surface area contributed by atoms with Crippen LogP contribution in [0.2, 0.25) is 0 Å². The number of aliphatic hydroxyl groups is 1. The minimum Gasteiger partial charge on any atom is -0.481 e. The average molecular weight is 207 g/mol. The Morgan fingerprint density at radius 2 is 2.33 bits per heavy atom. The summed E-state index contributed by atoms with van der Waals surface area (Å²) in [6, 6.07) is 3.80. The molecule has 3 nitrogen and oxygen atoms in total. The maximum absolute atomic E-state index is 9.89. The minimum absolute atomic E-state index is 0.200. The van der Waals surface area contributed by atoms with E-state index in [0.717, 1.165) is 5.56 Å². The van der Waals surface area contributed by atoms with Crippen LogP contribution in [0.15, 0.2) is 18.3 Å². The van der Waals surface area contributed by atoms with Gasteiger partial charge in [0.2, 0.25) is 5.88 Å². The van der Waals surface area contributed by atoms with Crippen molar-refractivity contribution in [2.75, 3.05) is 7.11 Å². The van der Waals surface area contributed by atoms with Gasteiger partial charge in [-0.3, -0.25) is 0 Å². The smallest absolute Gasteiger partial charge is 0.212 e. The van der Waals surface area contributed by atoms with E-state index in [1.165, 1.54) is 19.3 Å². The molecule has 1 aliphatic rings. The van der Waals surface area contributed by atoms with Crippen LogP contribution < -0.4 is 4.74 Å². The van der Waals surface area contributed by atoms with Gasteiger partial charge in [0, 0.05) is 18.7 Å². The molecule has 0 spiro atoms. The van der Waals surface area contributed by atoms with Gasteiger partial charge in [-0.1, -0.05) is 12.5 Å². The third kappa shape index (κ3) is 2.48. The van der Waals surface area contributed by atoms with Crippen molar-refractivity contribution in [1.29, 1.82) is 0 Å². The molecule has 1 N–H and O–H groups in total. The molecular weight excluding hydrogens is 190 g/mol. The molecule has 1 unspecified atom stereocenters. The van der Waals surface area contributed by atoms with E-state index in [1.54, 1.807) is 13.3 Å². The van der Waals surface area contributed by atoms with Crippen LogP contribution in [0.1, 0.15) is 24.8 Å². The maximum Gasteiger partial charge on any atom is 0.212 e. The second-order valence-corrected chi connectivity index (χ2v) is 4.17. The van der Waals surface area contributed by atoms with Crippen molar-refractivity contribution in [3.8, 4) is 5.88 Å². The first-order valence-corrected chi connectivity index (χ1v) is 5.46. The molecule has 2 rings (SSSR count). The predicted molar refractivity (Wildman–Crippen MR) is 57.8 cm³/mol. The number of pyridine rings is 1. The molecule has 0 aliphatic heterocycles. The molecular formula is C12H17NO2. The Balaban J connectivity index is 1.91. The van der Waals surface area contributed by atoms with E-state index in [2.05, 4.69) is 4.98 Å². The highest BCUT2D eigenvalue weighted by atomic mass is 16.5. The van der Waals surface area contributed by atoms with Crippen LogP contribution in [0.25, 0.3) is 0 Å². The van der Waals surface area contributed by atoms with Crippen LogP contribution in [0.3, 0.4) is 0 Å². The Morgan fingerprint density at radius 1 is 1.53 bits per heavy atom. The summed E-state index contributed by atoms with van der Waals surface area (Å²) >= 11 is 0. The predicted octanol–water partition coefficient (Wildman–Crippen LogP) is 1.79. The lowest BCUT2D eigenvalue weighted by molar-refractivity contribution is 0.0629. The molecule has 15 heavy (non-hydrogen) atoms. The number of nitrogens with zero attached hydrogens (tertiary/aromatic N) is 1. The zero-order chi connectivity index (χ0) is 10.7. The number of methoxy groups -OCH3 is 1. The summed E-state index contributed by atoms with van der Waals surface area (Å²) in [5.74, 6) is 1.13. The van der Waals surface area contributed by atoms with E-state index in [9.17, 15) is 5.11 Å². The fourth-order valence-corrected chi connectivity index (χ4v) is 1.89. The molecule has 1 aromatic rings. The van der Waals surface area contributed by atoms with Crippen LogP contribution in [-0.4, -0.2) is 23.3 Å². The van der Waals surface area contributed by atoms with Crippen molar-refractivity contribution in [1.82, 2.24) is 4.98 Å². The molecule has 1 aromatic heterocycles. The Labute approximate surface area is 90.1 Å². The fraction of sp³-hybridized carbons (Fsp3) is 0.583. The summed E-state index contributed by atoms with van der Waals surface area (Å²) < 4.78 is 4.98. The van der Waals surface area contributed by atoms with Crippen molar-refractivity contribution in [2.24, 2.45) is 5.92 Å². The van der Waals surface area contributed by atoms with Crippen molar-refractivity contribution in [3.05, 3.63) is 23.9 Å². The highest BCUT2D eigenvalue weighted by Crippen LogP contribution is 2.30. The normalized spacial score (nSPS) is 18.3. The van der Waals surface area contributed by atoms with E-state index < -0.39 is 0 Å². The number of aromatic nitrogens is 1. The average Bonchev–Trinajstić information content (AvgIpc) is 2.16. The zero-order valence-electron chi connectivity index (χ0n) is 9.02. The van der Waals surface area contributed by atoms with Crippen molar-refractivity contribution >= 4 is 0 Å². The van der Waals surface area contributed by atoms with Gasteiger partial charge in [0.05, 0.1) is 13.2 Å². The summed E-state index contributed by atoms with van der Waals surface area (Å²) in [4.78, 5) is 4.12. The van der Waals surface area contributed by atoms with Gasteiger partial charge in [-0.2, -0.15) is 0 Å². The van der Waals surface area contributed by atoms with Gasteiger partial charge in [0.1, 0.15) is 0 Å². The number of hydrogen-bond donors (Lipinski definition) is 1. The SMILES string of the molecule is COc1ccc(CC(O)C2CCC2)cn1. The third-order valence-electron chi connectivity index (χ3n) is 3.15. The van der Waals surface area contributed by atoms with E-state index in [4.69, 9.17) is 4.74 Å². The van der Waals surface area contributed by atoms with Gasteiger partial charge in [-0.05, 0) is 24.3 Å². The number of rotatable bonds is 4. The van der Waals surface area contributed by atoms with Crippen LogP contribution in [-0.2, 0) is 6.42 Å². The standard InChI is InChI=1S/C12H17NO2/c1-15-12-6-5-9(8-13-12)7-11(14)10-3-2-4-10/h5-6,8,10-11,14H,2-4,7H2,1H3. The van der Waals surface area contributed by atoms with E-state index in [-0.39, 0.29) is 6.10 Å². The summed E-state index contributed by atoms with van der Waals surface area (Å²) in [5, 5.41) is 9.89. The van der Waals surface area contributed by atoms with Crippen molar-refractivity contribution in [3.63, 3.8) is 0 Å². The summed E-state index contributed by atoms with van der Waals surface area (Å²) in [6.07, 6.45) is 5.90. The highest BCUT2D eigenvalue weighted by molar-refractivity contribution is 5.18. The molecule has 0 radical (unpaired) electrons. The Kier molecular flexibility index (Phi) is 3.21. The Bertz CT molecular complexity index is 306. The Hall–Kier alpha value is -1.09. The summed E-state index contributed by atoms with van der Waals surface area (Å²) in [7, 11) is 1.60. The van der Waals surface area contributed by atoms with Gasteiger partial charge in [0.15, 0.2) is 0 Å². The molecule has 3 heteroatoms. The first-order valence-electron chi connectivity index (χ1n) is 5.46. The van der Waals surface area contributed by atoms with Crippen LogP contribution in [0.4, 0.5) is 0 Å². The summed E-state index contributed by atoms with van der Waals surface area (Å²) in [6.45, 7) is 0. The number of hydrogen-bond acceptors (Lipinski definition) is 3.